The highest BCUT2D eigenvalue weighted by atomic mass is 16.7. The third kappa shape index (κ3) is 5.90. The Morgan fingerprint density at radius 2 is 2.04 bits per heavy atom. The first-order valence-corrected chi connectivity index (χ1v) is 7.99. The highest BCUT2D eigenvalue weighted by Gasteiger charge is 2.30. The van der Waals surface area contributed by atoms with Crippen molar-refractivity contribution in [2.24, 2.45) is 0 Å². The molecule has 23 heavy (non-hydrogen) atoms. The molecule has 2 rings (SSSR count). The third-order valence-electron chi connectivity index (χ3n) is 3.49. The van der Waals surface area contributed by atoms with E-state index >= 15 is 0 Å². The fraction of sp³-hybridized carbons (Fsp3) is 0.529. The van der Waals surface area contributed by atoms with Crippen LogP contribution in [0, 0.1) is 0 Å². The minimum Gasteiger partial charge on any atom is -0.466 e. The molecular weight excluding hydrogens is 298 g/mol. The predicted octanol–water partition coefficient (Wildman–Crippen LogP) is 3.06. The predicted molar refractivity (Wildman–Crippen MR) is 83.3 cm³/mol. The van der Waals surface area contributed by atoms with Crippen LogP contribution < -0.4 is 0 Å². The van der Waals surface area contributed by atoms with Gasteiger partial charge in [-0.1, -0.05) is 43.7 Å². The van der Waals surface area contributed by atoms with Crippen molar-refractivity contribution >= 4 is 12.1 Å². The van der Waals surface area contributed by atoms with Crippen molar-refractivity contribution in [2.75, 3.05) is 13.2 Å². The van der Waals surface area contributed by atoms with E-state index in [1.807, 2.05) is 37.3 Å². The SMILES string of the molecule is CCCCOC(=O)CC1CCN(C(=O)OCc2ccccc2)O1. The van der Waals surface area contributed by atoms with Crippen molar-refractivity contribution in [1.29, 1.82) is 0 Å². The molecule has 1 saturated heterocycles. The Labute approximate surface area is 136 Å². The quantitative estimate of drug-likeness (QED) is 0.570. The molecule has 1 aromatic rings. The Morgan fingerprint density at radius 1 is 1.26 bits per heavy atom. The Hall–Kier alpha value is -2.08. The average molecular weight is 321 g/mol. The number of amides is 1. The van der Waals surface area contributed by atoms with E-state index in [-0.39, 0.29) is 25.1 Å². The summed E-state index contributed by atoms with van der Waals surface area (Å²) < 4.78 is 10.3. The Bertz CT molecular complexity index is 505. The first kappa shape index (κ1) is 17.3. The van der Waals surface area contributed by atoms with Crippen molar-refractivity contribution in [3.63, 3.8) is 0 Å². The Kier molecular flexibility index (Phi) is 6.87. The molecule has 1 aliphatic rings. The zero-order valence-corrected chi connectivity index (χ0v) is 13.4. The van der Waals surface area contributed by atoms with Gasteiger partial charge >= 0.3 is 12.1 Å². The fourth-order valence-corrected chi connectivity index (χ4v) is 2.19. The molecule has 6 nitrogen and oxygen atoms in total. The van der Waals surface area contributed by atoms with Gasteiger partial charge in [-0.2, -0.15) is 5.06 Å². The monoisotopic (exact) mass is 321 g/mol. The maximum Gasteiger partial charge on any atom is 0.434 e. The molecule has 1 amide bonds. The molecule has 1 fully saturated rings. The molecule has 6 heteroatoms. The number of nitrogens with zero attached hydrogens (tertiary/aromatic N) is 1. The minimum absolute atomic E-state index is 0.159. The molecule has 0 aromatic heterocycles. The molecule has 1 heterocycles. The smallest absolute Gasteiger partial charge is 0.434 e. The summed E-state index contributed by atoms with van der Waals surface area (Å²) in [6.07, 6.45) is 1.74. The van der Waals surface area contributed by atoms with Crippen LogP contribution in [0.5, 0.6) is 0 Å². The summed E-state index contributed by atoms with van der Waals surface area (Å²) in [6, 6.07) is 9.44. The zero-order valence-electron chi connectivity index (χ0n) is 13.4. The molecule has 0 aliphatic carbocycles. The first-order chi connectivity index (χ1) is 11.2. The highest BCUT2D eigenvalue weighted by molar-refractivity contribution is 5.70. The van der Waals surface area contributed by atoms with Crippen LogP contribution >= 0.6 is 0 Å². The van der Waals surface area contributed by atoms with Crippen molar-refractivity contribution in [1.82, 2.24) is 5.06 Å². The summed E-state index contributed by atoms with van der Waals surface area (Å²) in [5, 5.41) is 1.17. The van der Waals surface area contributed by atoms with Crippen LogP contribution in [0.2, 0.25) is 0 Å². The molecule has 1 aliphatic heterocycles. The number of rotatable bonds is 7. The number of esters is 1. The second kappa shape index (κ2) is 9.15. The van der Waals surface area contributed by atoms with E-state index in [0.29, 0.717) is 19.6 Å². The number of hydrogen-bond acceptors (Lipinski definition) is 5. The molecule has 0 N–H and O–H groups in total. The number of carbonyl (C=O) groups is 2. The lowest BCUT2D eigenvalue weighted by atomic mass is 10.2. The van der Waals surface area contributed by atoms with Gasteiger partial charge in [-0.3, -0.25) is 9.63 Å². The van der Waals surface area contributed by atoms with Crippen LogP contribution in [-0.2, 0) is 25.7 Å². The molecule has 1 aromatic carbocycles. The number of carbonyl (C=O) groups excluding carboxylic acids is 2. The van der Waals surface area contributed by atoms with Crippen molar-refractivity contribution in [3.05, 3.63) is 35.9 Å². The maximum absolute atomic E-state index is 11.9. The van der Waals surface area contributed by atoms with Gasteiger partial charge in [-0.05, 0) is 18.4 Å². The highest BCUT2D eigenvalue weighted by Crippen LogP contribution is 2.18. The van der Waals surface area contributed by atoms with E-state index in [9.17, 15) is 9.59 Å². The first-order valence-electron chi connectivity index (χ1n) is 7.99. The summed E-state index contributed by atoms with van der Waals surface area (Å²) in [5.74, 6) is -0.289. The zero-order chi connectivity index (χ0) is 16.5. The number of ether oxygens (including phenoxy) is 2. The van der Waals surface area contributed by atoms with Gasteiger partial charge in [0, 0.05) is 0 Å². The van der Waals surface area contributed by atoms with Gasteiger partial charge in [0.1, 0.15) is 6.61 Å². The topological polar surface area (TPSA) is 65.1 Å². The summed E-state index contributed by atoms with van der Waals surface area (Å²) >= 11 is 0. The van der Waals surface area contributed by atoms with Crippen LogP contribution in [-0.4, -0.2) is 36.4 Å². The number of benzene rings is 1. The van der Waals surface area contributed by atoms with Crippen LogP contribution in [0.15, 0.2) is 30.3 Å². The Morgan fingerprint density at radius 3 is 2.78 bits per heavy atom. The summed E-state index contributed by atoms with van der Waals surface area (Å²) in [4.78, 5) is 29.0. The fourth-order valence-electron chi connectivity index (χ4n) is 2.19. The second-order valence-electron chi connectivity index (χ2n) is 5.44. The molecule has 1 atom stereocenters. The molecular formula is C17H23NO5. The van der Waals surface area contributed by atoms with E-state index < -0.39 is 6.09 Å². The lowest BCUT2D eigenvalue weighted by Crippen LogP contribution is -2.28. The number of hydroxylamine groups is 2. The third-order valence-corrected chi connectivity index (χ3v) is 3.49. The van der Waals surface area contributed by atoms with Crippen LogP contribution in [0.3, 0.4) is 0 Å². The molecule has 0 bridgehead atoms. The number of unbranched alkanes of at least 4 members (excludes halogenated alkanes) is 1. The Balaban J connectivity index is 1.67. The van der Waals surface area contributed by atoms with Gasteiger partial charge in [0.2, 0.25) is 0 Å². The van der Waals surface area contributed by atoms with E-state index in [1.165, 1.54) is 5.06 Å². The van der Waals surface area contributed by atoms with Gasteiger partial charge in [-0.15, -0.1) is 0 Å². The summed E-state index contributed by atoms with van der Waals surface area (Å²) in [7, 11) is 0. The summed E-state index contributed by atoms with van der Waals surface area (Å²) in [6.45, 7) is 3.08. The van der Waals surface area contributed by atoms with Gasteiger partial charge in [0.05, 0.1) is 25.7 Å². The lowest BCUT2D eigenvalue weighted by molar-refractivity contribution is -0.156. The molecule has 0 saturated carbocycles. The van der Waals surface area contributed by atoms with Crippen molar-refractivity contribution in [2.45, 2.75) is 45.3 Å². The molecule has 0 spiro atoms. The van der Waals surface area contributed by atoms with Gasteiger partial charge in [-0.25, -0.2) is 4.79 Å². The minimum atomic E-state index is -0.532. The second-order valence-corrected chi connectivity index (χ2v) is 5.44. The maximum atomic E-state index is 11.9. The molecule has 126 valence electrons. The average Bonchev–Trinajstić information content (AvgIpc) is 3.02. The molecule has 1 unspecified atom stereocenters. The largest absolute Gasteiger partial charge is 0.466 e. The van der Waals surface area contributed by atoms with Crippen molar-refractivity contribution in [3.8, 4) is 0 Å². The lowest BCUT2D eigenvalue weighted by Gasteiger charge is -2.16. The van der Waals surface area contributed by atoms with E-state index in [4.69, 9.17) is 14.3 Å². The summed E-state index contributed by atoms with van der Waals surface area (Å²) in [5.41, 5.74) is 0.913. The van der Waals surface area contributed by atoms with Crippen LogP contribution in [0.4, 0.5) is 4.79 Å². The van der Waals surface area contributed by atoms with Crippen LogP contribution in [0.1, 0.15) is 38.2 Å². The van der Waals surface area contributed by atoms with E-state index in [0.717, 1.165) is 18.4 Å². The van der Waals surface area contributed by atoms with Gasteiger partial charge < -0.3 is 9.47 Å². The van der Waals surface area contributed by atoms with Crippen molar-refractivity contribution < 1.29 is 23.9 Å². The standard InChI is InChI=1S/C17H23NO5/c1-2-3-11-21-16(19)12-15-9-10-18(23-15)17(20)22-13-14-7-5-4-6-8-14/h4-8,15H,2-3,9-13H2,1H3. The van der Waals surface area contributed by atoms with Gasteiger partial charge in [0.15, 0.2) is 0 Å². The van der Waals surface area contributed by atoms with Gasteiger partial charge in [0.25, 0.3) is 0 Å². The molecule has 0 radical (unpaired) electrons. The van der Waals surface area contributed by atoms with E-state index in [1.54, 1.807) is 0 Å². The normalized spacial score (nSPS) is 17.1. The van der Waals surface area contributed by atoms with E-state index in [2.05, 4.69) is 0 Å². The van der Waals surface area contributed by atoms with Crippen LogP contribution in [0.25, 0.3) is 0 Å². The number of hydrogen-bond donors (Lipinski definition) is 0.